The highest BCUT2D eigenvalue weighted by molar-refractivity contribution is 4.92. The van der Waals surface area contributed by atoms with Crippen LogP contribution in [0.1, 0.15) is 26.2 Å². The van der Waals surface area contributed by atoms with Crippen LogP contribution in [0.15, 0.2) is 0 Å². The van der Waals surface area contributed by atoms with E-state index in [1.165, 1.54) is 45.4 Å². The van der Waals surface area contributed by atoms with Gasteiger partial charge in [0.2, 0.25) is 0 Å². The smallest absolute Gasteiger partial charge is 0.0280 e. The maximum atomic E-state index is 3.59. The Balaban J connectivity index is 1.82. The summed E-state index contributed by atoms with van der Waals surface area (Å²) in [4.78, 5) is 2.55. The third kappa shape index (κ3) is 1.57. The summed E-state index contributed by atoms with van der Waals surface area (Å²) in [6.45, 7) is 7.52. The molecule has 0 amide bonds. The largest absolute Gasteiger partial charge is 0.310 e. The minimum absolute atomic E-state index is 0.445. The molecule has 0 aromatic rings. The monoisotopic (exact) mass is 154 g/mol. The normalized spacial score (nSPS) is 39.0. The van der Waals surface area contributed by atoms with Gasteiger partial charge in [-0.3, -0.25) is 0 Å². The topological polar surface area (TPSA) is 15.3 Å². The molecule has 2 aliphatic rings. The molecule has 2 heteroatoms. The minimum Gasteiger partial charge on any atom is -0.310 e. The first-order chi connectivity index (χ1) is 5.29. The fourth-order valence-electron chi connectivity index (χ4n) is 2.13. The SMILES string of the molecule is CC1(CN2CCC2)CCCN1. The fraction of sp³-hybridized carbons (Fsp3) is 1.00. The number of hydrogen-bond acceptors (Lipinski definition) is 2. The lowest BCUT2D eigenvalue weighted by Gasteiger charge is -2.38. The summed E-state index contributed by atoms with van der Waals surface area (Å²) in [6.07, 6.45) is 4.14. The summed E-state index contributed by atoms with van der Waals surface area (Å²) in [5.74, 6) is 0. The molecule has 2 saturated heterocycles. The minimum atomic E-state index is 0.445. The molecule has 0 saturated carbocycles. The first-order valence-electron chi connectivity index (χ1n) is 4.76. The van der Waals surface area contributed by atoms with Crippen LogP contribution in [0.4, 0.5) is 0 Å². The van der Waals surface area contributed by atoms with Crippen molar-refractivity contribution in [3.05, 3.63) is 0 Å². The van der Waals surface area contributed by atoms with E-state index in [4.69, 9.17) is 0 Å². The molecular formula is C9H18N2. The molecule has 2 aliphatic heterocycles. The van der Waals surface area contributed by atoms with Crippen molar-refractivity contribution in [2.75, 3.05) is 26.2 Å². The molecule has 1 atom stereocenters. The Labute approximate surface area is 69.0 Å². The summed E-state index contributed by atoms with van der Waals surface area (Å²) in [7, 11) is 0. The average Bonchev–Trinajstić information content (AvgIpc) is 2.29. The summed E-state index contributed by atoms with van der Waals surface area (Å²) in [5.41, 5.74) is 0.445. The van der Waals surface area contributed by atoms with Crippen LogP contribution in [0, 0.1) is 0 Å². The standard InChI is InChI=1S/C9H18N2/c1-9(4-2-5-10-9)8-11-6-3-7-11/h10H,2-8H2,1H3. The van der Waals surface area contributed by atoms with E-state index in [1.54, 1.807) is 0 Å². The van der Waals surface area contributed by atoms with Crippen molar-refractivity contribution in [3.8, 4) is 0 Å². The Morgan fingerprint density at radius 2 is 2.18 bits per heavy atom. The van der Waals surface area contributed by atoms with E-state index in [2.05, 4.69) is 17.1 Å². The Bertz CT molecular complexity index is 134. The Morgan fingerprint density at radius 3 is 2.64 bits per heavy atom. The van der Waals surface area contributed by atoms with Crippen LogP contribution >= 0.6 is 0 Å². The molecule has 0 aromatic heterocycles. The van der Waals surface area contributed by atoms with Gasteiger partial charge in [-0.25, -0.2) is 0 Å². The molecule has 0 spiro atoms. The van der Waals surface area contributed by atoms with E-state index >= 15 is 0 Å². The van der Waals surface area contributed by atoms with Gasteiger partial charge in [0.25, 0.3) is 0 Å². The van der Waals surface area contributed by atoms with E-state index in [-0.39, 0.29) is 0 Å². The van der Waals surface area contributed by atoms with Gasteiger partial charge >= 0.3 is 0 Å². The van der Waals surface area contributed by atoms with E-state index in [1.807, 2.05) is 0 Å². The van der Waals surface area contributed by atoms with Gasteiger partial charge in [0, 0.05) is 12.1 Å². The van der Waals surface area contributed by atoms with Crippen LogP contribution in [0.3, 0.4) is 0 Å². The van der Waals surface area contributed by atoms with Crippen molar-refractivity contribution in [1.82, 2.24) is 10.2 Å². The zero-order chi connectivity index (χ0) is 7.73. The van der Waals surface area contributed by atoms with Crippen LogP contribution in [-0.2, 0) is 0 Å². The highest BCUT2D eigenvalue weighted by Crippen LogP contribution is 2.21. The Hall–Kier alpha value is -0.0800. The molecular weight excluding hydrogens is 136 g/mol. The number of nitrogens with zero attached hydrogens (tertiary/aromatic N) is 1. The van der Waals surface area contributed by atoms with Crippen molar-refractivity contribution in [2.24, 2.45) is 0 Å². The second kappa shape index (κ2) is 2.76. The maximum Gasteiger partial charge on any atom is 0.0280 e. The first kappa shape index (κ1) is 7.56. The van der Waals surface area contributed by atoms with E-state index in [0.29, 0.717) is 5.54 Å². The van der Waals surface area contributed by atoms with Crippen molar-refractivity contribution in [3.63, 3.8) is 0 Å². The summed E-state index contributed by atoms with van der Waals surface area (Å²) < 4.78 is 0. The quantitative estimate of drug-likeness (QED) is 0.634. The third-order valence-corrected chi connectivity index (χ3v) is 2.98. The summed E-state index contributed by atoms with van der Waals surface area (Å²) >= 11 is 0. The number of hydrogen-bond donors (Lipinski definition) is 1. The summed E-state index contributed by atoms with van der Waals surface area (Å²) in [6, 6.07) is 0. The predicted octanol–water partition coefficient (Wildman–Crippen LogP) is 0.834. The molecule has 0 aliphatic carbocycles. The van der Waals surface area contributed by atoms with Gasteiger partial charge in [0.15, 0.2) is 0 Å². The number of nitrogens with one attached hydrogen (secondary N) is 1. The lowest BCUT2D eigenvalue weighted by Crippen LogP contribution is -2.51. The van der Waals surface area contributed by atoms with Crippen LogP contribution in [-0.4, -0.2) is 36.6 Å². The molecule has 2 rings (SSSR count). The lowest BCUT2D eigenvalue weighted by molar-refractivity contribution is 0.135. The lowest BCUT2D eigenvalue weighted by atomic mass is 9.98. The van der Waals surface area contributed by atoms with Gasteiger partial charge in [-0.1, -0.05) is 0 Å². The molecule has 11 heavy (non-hydrogen) atoms. The van der Waals surface area contributed by atoms with Gasteiger partial charge in [0.1, 0.15) is 0 Å². The van der Waals surface area contributed by atoms with Crippen LogP contribution in [0.2, 0.25) is 0 Å². The fourth-order valence-corrected chi connectivity index (χ4v) is 2.13. The Kier molecular flexibility index (Phi) is 1.90. The second-order valence-electron chi connectivity index (χ2n) is 4.22. The molecule has 1 N–H and O–H groups in total. The van der Waals surface area contributed by atoms with Crippen LogP contribution in [0.5, 0.6) is 0 Å². The van der Waals surface area contributed by atoms with E-state index in [9.17, 15) is 0 Å². The van der Waals surface area contributed by atoms with Crippen molar-refractivity contribution >= 4 is 0 Å². The molecule has 64 valence electrons. The molecule has 2 heterocycles. The van der Waals surface area contributed by atoms with E-state index < -0.39 is 0 Å². The van der Waals surface area contributed by atoms with Gasteiger partial charge in [-0.2, -0.15) is 0 Å². The third-order valence-electron chi connectivity index (χ3n) is 2.98. The van der Waals surface area contributed by atoms with E-state index in [0.717, 1.165) is 0 Å². The van der Waals surface area contributed by atoms with Crippen molar-refractivity contribution in [2.45, 2.75) is 31.7 Å². The Morgan fingerprint density at radius 1 is 1.36 bits per heavy atom. The molecule has 2 nitrogen and oxygen atoms in total. The van der Waals surface area contributed by atoms with Crippen LogP contribution < -0.4 is 5.32 Å². The first-order valence-corrected chi connectivity index (χ1v) is 4.76. The highest BCUT2D eigenvalue weighted by atomic mass is 15.2. The van der Waals surface area contributed by atoms with Gasteiger partial charge in [-0.05, 0) is 45.8 Å². The molecule has 0 bridgehead atoms. The average molecular weight is 154 g/mol. The van der Waals surface area contributed by atoms with Crippen LogP contribution in [0.25, 0.3) is 0 Å². The zero-order valence-electron chi connectivity index (χ0n) is 7.40. The second-order valence-corrected chi connectivity index (χ2v) is 4.22. The van der Waals surface area contributed by atoms with Crippen molar-refractivity contribution < 1.29 is 0 Å². The predicted molar refractivity (Wildman–Crippen MR) is 46.7 cm³/mol. The number of rotatable bonds is 2. The van der Waals surface area contributed by atoms with Gasteiger partial charge in [-0.15, -0.1) is 0 Å². The van der Waals surface area contributed by atoms with Gasteiger partial charge < -0.3 is 10.2 Å². The molecule has 0 aromatic carbocycles. The van der Waals surface area contributed by atoms with Crippen molar-refractivity contribution in [1.29, 1.82) is 0 Å². The molecule has 0 radical (unpaired) electrons. The summed E-state index contributed by atoms with van der Waals surface area (Å²) in [5, 5.41) is 3.59. The zero-order valence-corrected chi connectivity index (χ0v) is 7.40. The highest BCUT2D eigenvalue weighted by Gasteiger charge is 2.31. The molecule has 1 unspecified atom stereocenters. The number of likely N-dealkylation sites (tertiary alicyclic amines) is 1. The van der Waals surface area contributed by atoms with Gasteiger partial charge in [0.05, 0.1) is 0 Å². The maximum absolute atomic E-state index is 3.59. The molecule has 2 fully saturated rings.